The highest BCUT2D eigenvalue weighted by atomic mass is 15.2. The predicted octanol–water partition coefficient (Wildman–Crippen LogP) is 14.0. The van der Waals surface area contributed by atoms with Crippen LogP contribution in [0.5, 0.6) is 0 Å². The molecule has 0 aliphatic rings. The Balaban J connectivity index is 1.02. The van der Waals surface area contributed by atoms with E-state index in [1.165, 1.54) is 54.5 Å². The van der Waals surface area contributed by atoms with Gasteiger partial charge < -0.3 is 4.57 Å². The fraction of sp³-hybridized carbons (Fsp3) is 0. The summed E-state index contributed by atoms with van der Waals surface area (Å²) in [5.41, 5.74) is 13.4. The molecule has 9 aromatic carbocycles. The minimum Gasteiger partial charge on any atom is -0.309 e. The second-order valence-corrected chi connectivity index (χ2v) is 15.0. The first-order valence-electron chi connectivity index (χ1n) is 19.8. The summed E-state index contributed by atoms with van der Waals surface area (Å²) in [6.07, 6.45) is 0. The fourth-order valence-corrected chi connectivity index (χ4v) is 9.10. The molecule has 58 heavy (non-hydrogen) atoms. The summed E-state index contributed by atoms with van der Waals surface area (Å²) >= 11 is 0. The Kier molecular flexibility index (Phi) is 7.20. The van der Waals surface area contributed by atoms with Crippen molar-refractivity contribution < 1.29 is 0 Å². The van der Waals surface area contributed by atoms with Crippen molar-refractivity contribution in [2.24, 2.45) is 0 Å². The first-order valence-corrected chi connectivity index (χ1v) is 19.8. The summed E-state index contributed by atoms with van der Waals surface area (Å²) in [7, 11) is 0. The van der Waals surface area contributed by atoms with Crippen LogP contribution in [0.3, 0.4) is 0 Å². The highest BCUT2D eigenvalue weighted by Gasteiger charge is 2.20. The zero-order valence-electron chi connectivity index (χ0n) is 31.4. The van der Waals surface area contributed by atoms with E-state index < -0.39 is 0 Å². The molecule has 0 spiro atoms. The highest BCUT2D eigenvalue weighted by Crippen LogP contribution is 2.42. The van der Waals surface area contributed by atoms with Gasteiger partial charge in [-0.25, -0.2) is 9.97 Å². The molecule has 12 rings (SSSR count). The molecule has 0 bridgehead atoms. The Labute approximate surface area is 334 Å². The molecule has 12 aromatic rings. The van der Waals surface area contributed by atoms with E-state index in [4.69, 9.17) is 9.97 Å². The molecular weight excluding hydrogens is 705 g/mol. The summed E-state index contributed by atoms with van der Waals surface area (Å²) in [5, 5.41) is 8.36. The number of hydrogen-bond donors (Lipinski definition) is 0. The van der Waals surface area contributed by atoms with E-state index in [0.717, 1.165) is 50.0 Å². The van der Waals surface area contributed by atoms with Crippen LogP contribution in [0.4, 0.5) is 0 Å². The zero-order valence-corrected chi connectivity index (χ0v) is 31.4. The highest BCUT2D eigenvalue weighted by molar-refractivity contribution is 6.22. The van der Waals surface area contributed by atoms with Gasteiger partial charge in [-0.3, -0.25) is 4.57 Å². The van der Waals surface area contributed by atoms with Crippen LogP contribution in [0.25, 0.3) is 110 Å². The number of para-hydroxylation sites is 4. The van der Waals surface area contributed by atoms with Crippen LogP contribution < -0.4 is 0 Å². The molecule has 0 radical (unpaired) electrons. The maximum atomic E-state index is 5.30. The molecule has 0 fully saturated rings. The second-order valence-electron chi connectivity index (χ2n) is 15.0. The Morgan fingerprint density at radius 1 is 0.310 bits per heavy atom. The predicted molar refractivity (Wildman–Crippen MR) is 242 cm³/mol. The van der Waals surface area contributed by atoms with E-state index in [2.05, 4.69) is 203 Å². The van der Waals surface area contributed by atoms with Crippen LogP contribution in [-0.2, 0) is 0 Å². The van der Waals surface area contributed by atoms with Crippen LogP contribution in [-0.4, -0.2) is 19.1 Å². The molecular formula is C54H34N4. The van der Waals surface area contributed by atoms with E-state index in [-0.39, 0.29) is 0 Å². The summed E-state index contributed by atoms with van der Waals surface area (Å²) in [6, 6.07) is 73.8. The van der Waals surface area contributed by atoms with Crippen molar-refractivity contribution in [3.8, 4) is 45.1 Å². The molecule has 0 aliphatic carbocycles. The van der Waals surface area contributed by atoms with Gasteiger partial charge in [-0.05, 0) is 70.1 Å². The quantitative estimate of drug-likeness (QED) is 0.176. The topological polar surface area (TPSA) is 35.6 Å². The minimum absolute atomic E-state index is 0.659. The maximum absolute atomic E-state index is 5.30. The lowest BCUT2D eigenvalue weighted by Crippen LogP contribution is -2.03. The standard InChI is InChI=1S/C54H34N4/c1-3-15-37(16-4-1)52-45-23-9-12-24-48(45)55-54(56-52)58-50-26-14-10-20-41(50)43-32-31-38(33-51(43)58)35-27-29-36(30-28-35)46-34-47-42-21-11-13-25-49(42)57(39-17-5-2-6-18-39)53(47)44-22-8-7-19-40(44)46/h1-34H. The Bertz CT molecular complexity index is 3540. The molecule has 4 heteroatoms. The van der Waals surface area contributed by atoms with Gasteiger partial charge in [-0.15, -0.1) is 0 Å². The van der Waals surface area contributed by atoms with Crippen molar-refractivity contribution in [3.05, 3.63) is 206 Å². The number of hydrogen-bond acceptors (Lipinski definition) is 2. The first-order chi connectivity index (χ1) is 28.8. The molecule has 4 nitrogen and oxygen atoms in total. The largest absolute Gasteiger partial charge is 0.309 e. The van der Waals surface area contributed by atoms with Gasteiger partial charge >= 0.3 is 0 Å². The van der Waals surface area contributed by atoms with Gasteiger partial charge in [0.1, 0.15) is 0 Å². The smallest absolute Gasteiger partial charge is 0.235 e. The van der Waals surface area contributed by atoms with E-state index in [0.29, 0.717) is 5.95 Å². The lowest BCUT2D eigenvalue weighted by atomic mass is 9.93. The first kappa shape index (κ1) is 32.4. The Morgan fingerprint density at radius 2 is 0.862 bits per heavy atom. The zero-order chi connectivity index (χ0) is 38.2. The van der Waals surface area contributed by atoms with Gasteiger partial charge in [0.05, 0.1) is 33.3 Å². The number of benzene rings is 9. The number of aromatic nitrogens is 4. The van der Waals surface area contributed by atoms with Crippen molar-refractivity contribution >= 4 is 65.3 Å². The fourth-order valence-electron chi connectivity index (χ4n) is 9.10. The molecule has 0 aliphatic heterocycles. The van der Waals surface area contributed by atoms with E-state index in [9.17, 15) is 0 Å². The average Bonchev–Trinajstić information content (AvgIpc) is 3.82. The third kappa shape index (κ3) is 4.95. The van der Waals surface area contributed by atoms with Crippen molar-refractivity contribution in [2.75, 3.05) is 0 Å². The van der Waals surface area contributed by atoms with E-state index >= 15 is 0 Å². The second kappa shape index (κ2) is 12.9. The number of nitrogens with zero attached hydrogens (tertiary/aromatic N) is 4. The molecule has 270 valence electrons. The molecule has 0 saturated carbocycles. The van der Waals surface area contributed by atoms with Crippen molar-refractivity contribution in [2.45, 2.75) is 0 Å². The normalized spacial score (nSPS) is 11.8. The molecule has 0 N–H and O–H groups in total. The van der Waals surface area contributed by atoms with Crippen LogP contribution in [0, 0.1) is 0 Å². The number of rotatable bonds is 5. The molecule has 0 atom stereocenters. The average molecular weight is 739 g/mol. The molecule has 3 aromatic heterocycles. The Morgan fingerprint density at radius 3 is 1.62 bits per heavy atom. The van der Waals surface area contributed by atoms with E-state index in [1.54, 1.807) is 0 Å². The van der Waals surface area contributed by atoms with Crippen molar-refractivity contribution in [1.29, 1.82) is 0 Å². The minimum atomic E-state index is 0.659. The molecule has 0 amide bonds. The maximum Gasteiger partial charge on any atom is 0.235 e. The Hall–Kier alpha value is -7.82. The lowest BCUT2D eigenvalue weighted by Gasteiger charge is -2.13. The van der Waals surface area contributed by atoms with Crippen molar-refractivity contribution in [1.82, 2.24) is 19.1 Å². The van der Waals surface area contributed by atoms with Crippen LogP contribution in [0.1, 0.15) is 0 Å². The van der Waals surface area contributed by atoms with Gasteiger partial charge in [0.2, 0.25) is 5.95 Å². The van der Waals surface area contributed by atoms with Crippen LogP contribution >= 0.6 is 0 Å². The molecule has 3 heterocycles. The summed E-state index contributed by atoms with van der Waals surface area (Å²) < 4.78 is 4.65. The van der Waals surface area contributed by atoms with Crippen molar-refractivity contribution in [3.63, 3.8) is 0 Å². The third-order valence-corrected chi connectivity index (χ3v) is 11.7. The van der Waals surface area contributed by atoms with Crippen LogP contribution in [0.15, 0.2) is 206 Å². The van der Waals surface area contributed by atoms with Crippen LogP contribution in [0.2, 0.25) is 0 Å². The van der Waals surface area contributed by atoms with Gasteiger partial charge in [0.25, 0.3) is 0 Å². The van der Waals surface area contributed by atoms with Gasteiger partial charge in [-0.2, -0.15) is 0 Å². The number of fused-ring (bicyclic) bond motifs is 9. The van der Waals surface area contributed by atoms with E-state index in [1.807, 2.05) is 12.1 Å². The monoisotopic (exact) mass is 738 g/mol. The summed E-state index contributed by atoms with van der Waals surface area (Å²) in [5.74, 6) is 0.659. The summed E-state index contributed by atoms with van der Waals surface area (Å²) in [4.78, 5) is 10.5. The van der Waals surface area contributed by atoms with Gasteiger partial charge in [-0.1, -0.05) is 164 Å². The SMILES string of the molecule is c1ccc(-c2nc(-n3c4ccccc4c4ccc(-c5ccc(-c6cc7c8ccccc8n(-c8ccccc8)c7c7ccccc67)cc5)cc43)nc3ccccc23)cc1. The summed E-state index contributed by atoms with van der Waals surface area (Å²) in [6.45, 7) is 0. The molecule has 0 unspecified atom stereocenters. The molecule has 0 saturated heterocycles. The third-order valence-electron chi connectivity index (χ3n) is 11.7. The lowest BCUT2D eigenvalue weighted by molar-refractivity contribution is 1.01. The van der Waals surface area contributed by atoms with Gasteiger partial charge in [0.15, 0.2) is 0 Å². The van der Waals surface area contributed by atoms with Gasteiger partial charge in [0, 0.05) is 43.6 Å².